The molecular formula is C27H21FN6. The Morgan fingerprint density at radius 1 is 0.824 bits per heavy atom. The van der Waals surface area contributed by atoms with Crippen LogP contribution < -0.4 is 4.90 Å². The van der Waals surface area contributed by atoms with E-state index in [2.05, 4.69) is 38.4 Å². The highest BCUT2D eigenvalue weighted by atomic mass is 19.1. The molecule has 3 aromatic heterocycles. The molecule has 7 heteroatoms. The SMILES string of the molecule is CN(C)c1cncc(-c2ccc3[nH]nc(-c4nc5c(-c6cccc(F)c6)cccc5[nH]4)c3c2)c1. The number of para-hydroxylation sites is 1. The zero-order valence-electron chi connectivity index (χ0n) is 18.7. The molecular weight excluding hydrogens is 427 g/mol. The first-order valence-electron chi connectivity index (χ1n) is 10.9. The van der Waals surface area contributed by atoms with Crippen LogP contribution in [-0.2, 0) is 0 Å². The molecule has 0 saturated carbocycles. The van der Waals surface area contributed by atoms with E-state index >= 15 is 0 Å². The predicted octanol–water partition coefficient (Wildman–Crippen LogP) is 6.04. The van der Waals surface area contributed by atoms with Crippen LogP contribution in [0, 0.1) is 5.82 Å². The molecule has 0 spiro atoms. The van der Waals surface area contributed by atoms with Gasteiger partial charge in [-0.05, 0) is 47.5 Å². The van der Waals surface area contributed by atoms with E-state index in [1.54, 1.807) is 6.07 Å². The number of nitrogens with zero attached hydrogens (tertiary/aromatic N) is 4. The summed E-state index contributed by atoms with van der Waals surface area (Å²) in [4.78, 5) is 14.7. The summed E-state index contributed by atoms with van der Waals surface area (Å²) in [6.45, 7) is 0. The molecule has 6 aromatic rings. The quantitative estimate of drug-likeness (QED) is 0.345. The molecule has 0 atom stereocenters. The van der Waals surface area contributed by atoms with Crippen LogP contribution in [0.3, 0.4) is 0 Å². The average Bonchev–Trinajstić information content (AvgIpc) is 3.47. The smallest absolute Gasteiger partial charge is 0.159 e. The van der Waals surface area contributed by atoms with Gasteiger partial charge in [-0.2, -0.15) is 5.10 Å². The maximum absolute atomic E-state index is 13.9. The summed E-state index contributed by atoms with van der Waals surface area (Å²) >= 11 is 0. The predicted molar refractivity (Wildman–Crippen MR) is 134 cm³/mol. The van der Waals surface area contributed by atoms with Gasteiger partial charge in [-0.3, -0.25) is 10.1 Å². The highest BCUT2D eigenvalue weighted by molar-refractivity contribution is 5.98. The average molecular weight is 449 g/mol. The molecule has 0 aliphatic carbocycles. The summed E-state index contributed by atoms with van der Waals surface area (Å²) in [5.74, 6) is 0.381. The normalized spacial score (nSPS) is 11.4. The van der Waals surface area contributed by atoms with Crippen molar-refractivity contribution < 1.29 is 4.39 Å². The fraction of sp³-hybridized carbons (Fsp3) is 0.0741. The van der Waals surface area contributed by atoms with Gasteiger partial charge in [0.2, 0.25) is 0 Å². The molecule has 0 bridgehead atoms. The summed E-state index contributed by atoms with van der Waals surface area (Å²) in [6.07, 6.45) is 3.70. The van der Waals surface area contributed by atoms with Gasteiger partial charge in [-0.1, -0.05) is 30.3 Å². The molecule has 3 aromatic carbocycles. The van der Waals surface area contributed by atoms with Gasteiger partial charge in [0, 0.05) is 36.8 Å². The maximum Gasteiger partial charge on any atom is 0.159 e. The lowest BCUT2D eigenvalue weighted by Crippen LogP contribution is -2.08. The molecule has 6 nitrogen and oxygen atoms in total. The summed E-state index contributed by atoms with van der Waals surface area (Å²) in [6, 6.07) is 20.7. The first kappa shape index (κ1) is 20.1. The van der Waals surface area contributed by atoms with Crippen molar-refractivity contribution in [3.05, 3.63) is 84.9 Å². The topological polar surface area (TPSA) is 73.5 Å². The van der Waals surface area contributed by atoms with Gasteiger partial charge in [0.15, 0.2) is 5.82 Å². The molecule has 6 rings (SSSR count). The van der Waals surface area contributed by atoms with Gasteiger partial charge in [-0.15, -0.1) is 0 Å². The van der Waals surface area contributed by atoms with Gasteiger partial charge in [0.25, 0.3) is 0 Å². The van der Waals surface area contributed by atoms with Crippen LogP contribution in [0.5, 0.6) is 0 Å². The Morgan fingerprint density at radius 2 is 1.71 bits per heavy atom. The Bertz CT molecular complexity index is 1660. The summed E-state index contributed by atoms with van der Waals surface area (Å²) in [5.41, 5.74) is 8.05. The first-order chi connectivity index (χ1) is 16.6. The lowest BCUT2D eigenvalue weighted by molar-refractivity contribution is 0.628. The number of fused-ring (bicyclic) bond motifs is 2. The van der Waals surface area contributed by atoms with Crippen molar-refractivity contribution in [2.45, 2.75) is 0 Å². The number of halogens is 1. The van der Waals surface area contributed by atoms with E-state index < -0.39 is 0 Å². The number of hydrogen-bond acceptors (Lipinski definition) is 4. The number of benzene rings is 3. The summed E-state index contributed by atoms with van der Waals surface area (Å²) in [7, 11) is 4.00. The minimum Gasteiger partial charge on any atom is -0.376 e. The van der Waals surface area contributed by atoms with Crippen molar-refractivity contribution in [2.24, 2.45) is 0 Å². The number of imidazole rings is 1. The van der Waals surface area contributed by atoms with E-state index in [1.165, 1.54) is 12.1 Å². The maximum atomic E-state index is 13.9. The number of hydrogen-bond donors (Lipinski definition) is 2. The van der Waals surface area contributed by atoms with Crippen LogP contribution in [0.4, 0.5) is 10.1 Å². The second-order valence-electron chi connectivity index (χ2n) is 8.46. The molecule has 166 valence electrons. The van der Waals surface area contributed by atoms with E-state index in [-0.39, 0.29) is 5.82 Å². The Morgan fingerprint density at radius 3 is 2.56 bits per heavy atom. The lowest BCUT2D eigenvalue weighted by atomic mass is 10.0. The number of H-pyrrole nitrogens is 2. The summed E-state index contributed by atoms with van der Waals surface area (Å²) < 4.78 is 13.9. The third-order valence-corrected chi connectivity index (χ3v) is 6.01. The highest BCUT2D eigenvalue weighted by Crippen LogP contribution is 2.33. The van der Waals surface area contributed by atoms with E-state index in [9.17, 15) is 4.39 Å². The zero-order chi connectivity index (χ0) is 23.2. The van der Waals surface area contributed by atoms with Crippen molar-refractivity contribution in [1.29, 1.82) is 0 Å². The van der Waals surface area contributed by atoms with Crippen LogP contribution in [0.2, 0.25) is 0 Å². The molecule has 3 heterocycles. The molecule has 34 heavy (non-hydrogen) atoms. The van der Waals surface area contributed by atoms with Gasteiger partial charge >= 0.3 is 0 Å². The Balaban J connectivity index is 1.48. The van der Waals surface area contributed by atoms with E-state index in [4.69, 9.17) is 4.98 Å². The number of aromatic nitrogens is 5. The van der Waals surface area contributed by atoms with E-state index in [0.717, 1.165) is 55.6 Å². The number of aromatic amines is 2. The minimum atomic E-state index is -0.274. The second-order valence-corrected chi connectivity index (χ2v) is 8.46. The Hall–Kier alpha value is -4.52. The standard InChI is InChI=1S/C27H21FN6/c1-34(2)20-12-18(14-29-15-20)16-9-10-23-22(13-16)26(33-32-23)27-30-24-8-4-7-21(25(24)31-27)17-5-3-6-19(28)11-17/h3-15H,1-2H3,(H,30,31)(H,32,33). The fourth-order valence-electron chi connectivity index (χ4n) is 4.24. The molecule has 0 unspecified atom stereocenters. The fourth-order valence-corrected chi connectivity index (χ4v) is 4.24. The Labute approximate surface area is 195 Å². The van der Waals surface area contributed by atoms with Gasteiger partial charge < -0.3 is 9.88 Å². The molecule has 2 N–H and O–H groups in total. The van der Waals surface area contributed by atoms with Crippen molar-refractivity contribution in [3.8, 4) is 33.8 Å². The van der Waals surface area contributed by atoms with E-state index in [0.29, 0.717) is 5.82 Å². The van der Waals surface area contributed by atoms with Crippen molar-refractivity contribution >= 4 is 27.6 Å². The highest BCUT2D eigenvalue weighted by Gasteiger charge is 2.16. The number of nitrogens with one attached hydrogen (secondary N) is 2. The van der Waals surface area contributed by atoms with Crippen molar-refractivity contribution in [2.75, 3.05) is 19.0 Å². The number of anilines is 1. The number of pyridine rings is 1. The second kappa shape index (κ2) is 7.81. The van der Waals surface area contributed by atoms with Crippen molar-refractivity contribution in [1.82, 2.24) is 25.1 Å². The molecule has 0 saturated heterocycles. The van der Waals surface area contributed by atoms with Crippen molar-refractivity contribution in [3.63, 3.8) is 0 Å². The number of rotatable bonds is 4. The molecule has 0 amide bonds. The van der Waals surface area contributed by atoms with E-state index in [1.807, 2.05) is 61.7 Å². The van der Waals surface area contributed by atoms with Crippen LogP contribution in [0.15, 0.2) is 79.1 Å². The lowest BCUT2D eigenvalue weighted by Gasteiger charge is -2.13. The zero-order valence-corrected chi connectivity index (χ0v) is 18.7. The molecule has 0 aliphatic rings. The van der Waals surface area contributed by atoms with Gasteiger partial charge in [-0.25, -0.2) is 9.37 Å². The minimum absolute atomic E-state index is 0.274. The molecule has 0 radical (unpaired) electrons. The molecule has 0 fully saturated rings. The largest absolute Gasteiger partial charge is 0.376 e. The van der Waals surface area contributed by atoms with Crippen LogP contribution in [-0.4, -0.2) is 39.2 Å². The summed E-state index contributed by atoms with van der Waals surface area (Å²) in [5, 5.41) is 8.62. The monoisotopic (exact) mass is 448 g/mol. The third-order valence-electron chi connectivity index (χ3n) is 6.01. The molecule has 0 aliphatic heterocycles. The van der Waals surface area contributed by atoms with Crippen LogP contribution >= 0.6 is 0 Å². The van der Waals surface area contributed by atoms with Gasteiger partial charge in [0.05, 0.1) is 28.4 Å². The van der Waals surface area contributed by atoms with Gasteiger partial charge in [0.1, 0.15) is 11.5 Å². The Kier molecular flexibility index (Phi) is 4.62. The van der Waals surface area contributed by atoms with Crippen LogP contribution in [0.25, 0.3) is 55.7 Å². The third kappa shape index (κ3) is 3.38. The first-order valence-corrected chi connectivity index (χ1v) is 10.9. The van der Waals surface area contributed by atoms with Crippen LogP contribution in [0.1, 0.15) is 0 Å².